The molecule has 0 aromatic heterocycles. The first-order valence-corrected chi connectivity index (χ1v) is 8.81. The molecule has 1 rings (SSSR count). The van der Waals surface area contributed by atoms with Gasteiger partial charge in [0.25, 0.3) is 0 Å². The van der Waals surface area contributed by atoms with E-state index in [1.165, 1.54) is 0 Å². The van der Waals surface area contributed by atoms with Crippen molar-refractivity contribution in [2.45, 2.75) is 40.7 Å². The second-order valence-corrected chi connectivity index (χ2v) is 7.35. The molecule has 0 unspecified atom stereocenters. The molecule has 0 atom stereocenters. The first kappa shape index (κ1) is 28.7. The van der Waals surface area contributed by atoms with Gasteiger partial charge in [0, 0.05) is 0 Å². The number of hydrogen-bond acceptors (Lipinski definition) is 3. The molecule has 0 N–H and O–H groups in total. The predicted molar refractivity (Wildman–Crippen MR) is 74.7 cm³/mol. The van der Waals surface area contributed by atoms with Crippen molar-refractivity contribution < 1.29 is 78.5 Å². The van der Waals surface area contributed by atoms with Gasteiger partial charge >= 0.3 is 51.9 Å². The van der Waals surface area contributed by atoms with E-state index in [0.29, 0.717) is 12.1 Å². The lowest BCUT2D eigenvalue weighted by Gasteiger charge is -2.39. The van der Waals surface area contributed by atoms with Crippen LogP contribution in [0, 0.1) is 0 Å². The fourth-order valence-corrected chi connectivity index (χ4v) is 2.65. The average Bonchev–Trinajstić information content (AvgIpc) is 2.66. The molecule has 0 aliphatic carbocycles. The molecule has 0 bridgehead atoms. The number of benzene rings is 1. The summed E-state index contributed by atoms with van der Waals surface area (Å²) in [5.74, 6) is -45.3. The minimum Gasteiger partial charge on any atom is -0.346 e. The van der Waals surface area contributed by atoms with E-state index in [9.17, 15) is 74.3 Å². The fourth-order valence-electron chi connectivity index (χ4n) is 1.80. The van der Waals surface area contributed by atoms with Crippen molar-refractivity contribution in [1.29, 1.82) is 0 Å². The molecule has 0 amide bonds. The van der Waals surface area contributed by atoms with Crippen molar-refractivity contribution in [2.24, 2.45) is 0 Å². The van der Waals surface area contributed by atoms with Gasteiger partial charge in [-0.15, -0.1) is 0 Å². The molecule has 1 aromatic rings. The Morgan fingerprint density at radius 3 is 1.42 bits per heavy atom. The molecular formula is C14H5F15O3S. The second kappa shape index (κ2) is 8.15. The van der Waals surface area contributed by atoms with E-state index in [-0.39, 0.29) is 0 Å². The molecule has 0 heterocycles. The van der Waals surface area contributed by atoms with Crippen molar-refractivity contribution in [1.82, 2.24) is 0 Å². The van der Waals surface area contributed by atoms with Gasteiger partial charge in [-0.3, -0.25) is 0 Å². The molecule has 0 saturated carbocycles. The Balaban J connectivity index is 3.55. The first-order chi connectivity index (χ1) is 14.4. The molecule has 19 heteroatoms. The zero-order valence-corrected chi connectivity index (χ0v) is 15.5. The van der Waals surface area contributed by atoms with Gasteiger partial charge in [-0.05, 0) is 12.1 Å². The molecule has 1 aromatic carbocycles. The quantitative estimate of drug-likeness (QED) is 0.224. The minimum atomic E-state index is -8.40. The third-order valence-corrected chi connectivity index (χ3v) is 4.81. The van der Waals surface area contributed by atoms with Gasteiger partial charge in [0.1, 0.15) is 4.90 Å². The molecule has 0 aliphatic rings. The number of rotatable bonds is 8. The van der Waals surface area contributed by atoms with Crippen LogP contribution in [0.4, 0.5) is 65.9 Å². The molecular weight excluding hydrogens is 533 g/mol. The SMILES string of the molecule is O=S(=O)(OC(F)=C(F)C(F)(F)C(F)(F)C(F)(F)C(F)(F)C(F)(F)C(F)(F)F)c1ccccc1. The lowest BCUT2D eigenvalue weighted by molar-refractivity contribution is -0.437. The Morgan fingerprint density at radius 1 is 0.636 bits per heavy atom. The van der Waals surface area contributed by atoms with Gasteiger partial charge in [0.2, 0.25) is 5.83 Å². The van der Waals surface area contributed by atoms with Crippen molar-refractivity contribution in [3.63, 3.8) is 0 Å². The third kappa shape index (κ3) is 4.42. The lowest BCUT2D eigenvalue weighted by Crippen LogP contribution is -2.70. The number of alkyl halides is 13. The van der Waals surface area contributed by atoms with Crippen LogP contribution in [-0.4, -0.2) is 44.2 Å². The second-order valence-electron chi connectivity index (χ2n) is 5.81. The Labute approximate surface area is 172 Å². The summed E-state index contributed by atoms with van der Waals surface area (Å²) in [6.07, 6.45) is -7.70. The smallest absolute Gasteiger partial charge is 0.346 e. The molecule has 190 valence electrons. The van der Waals surface area contributed by atoms with Gasteiger partial charge in [-0.1, -0.05) is 18.2 Å². The van der Waals surface area contributed by atoms with E-state index in [4.69, 9.17) is 0 Å². The zero-order valence-electron chi connectivity index (χ0n) is 14.7. The summed E-state index contributed by atoms with van der Waals surface area (Å²) < 4.78 is 221. The van der Waals surface area contributed by atoms with E-state index in [2.05, 4.69) is 4.18 Å². The standard InChI is InChI=1S/C14H5F15O3S/c15-7(8(16)32-33(30,31)6-4-2-1-3-5-6)9(17,18)10(19,20)11(21,22)12(23,24)13(25,26)14(27,28)29/h1-5H. The van der Waals surface area contributed by atoms with E-state index in [1.54, 1.807) is 0 Å². The van der Waals surface area contributed by atoms with Crippen molar-refractivity contribution in [2.75, 3.05) is 0 Å². The highest BCUT2D eigenvalue weighted by Gasteiger charge is 2.91. The Morgan fingerprint density at radius 2 is 1.03 bits per heavy atom. The summed E-state index contributed by atoms with van der Waals surface area (Å²) in [7, 11) is -5.67. The van der Waals surface area contributed by atoms with E-state index >= 15 is 0 Å². The Kier molecular flexibility index (Phi) is 7.09. The number of hydrogen-bond donors (Lipinski definition) is 0. The van der Waals surface area contributed by atoms with E-state index in [0.717, 1.165) is 18.2 Å². The highest BCUT2D eigenvalue weighted by Crippen LogP contribution is 2.61. The van der Waals surface area contributed by atoms with Crippen LogP contribution in [0.3, 0.4) is 0 Å². The summed E-state index contributed by atoms with van der Waals surface area (Å²) in [5.41, 5.74) is 0. The molecule has 0 saturated heterocycles. The molecule has 0 spiro atoms. The fraction of sp³-hybridized carbons (Fsp3) is 0.429. The van der Waals surface area contributed by atoms with Gasteiger partial charge in [0.05, 0.1) is 0 Å². The van der Waals surface area contributed by atoms with Crippen LogP contribution in [0.25, 0.3) is 0 Å². The summed E-state index contributed by atoms with van der Waals surface area (Å²) in [5, 5.41) is 0. The molecule has 33 heavy (non-hydrogen) atoms. The third-order valence-electron chi connectivity index (χ3n) is 3.60. The van der Waals surface area contributed by atoms with Crippen molar-refractivity contribution in [3.8, 4) is 0 Å². The zero-order chi connectivity index (χ0) is 26.5. The molecule has 0 fully saturated rings. The van der Waals surface area contributed by atoms with Crippen LogP contribution in [0.1, 0.15) is 0 Å². The Hall–Kier alpha value is -2.34. The normalized spacial score (nSPS) is 15.8. The molecule has 0 radical (unpaired) electrons. The van der Waals surface area contributed by atoms with Crippen molar-refractivity contribution >= 4 is 10.1 Å². The highest BCUT2D eigenvalue weighted by molar-refractivity contribution is 7.86. The first-order valence-electron chi connectivity index (χ1n) is 7.40. The van der Waals surface area contributed by atoms with Gasteiger partial charge in [0.15, 0.2) is 0 Å². The van der Waals surface area contributed by atoms with Crippen LogP contribution in [0.15, 0.2) is 47.1 Å². The van der Waals surface area contributed by atoms with Crippen LogP contribution in [-0.2, 0) is 14.3 Å². The summed E-state index contributed by atoms with van der Waals surface area (Å²) in [6.45, 7) is 0. The lowest BCUT2D eigenvalue weighted by atomic mass is 9.93. The topological polar surface area (TPSA) is 43.4 Å². The summed E-state index contributed by atoms with van der Waals surface area (Å²) >= 11 is 0. The van der Waals surface area contributed by atoms with Crippen LogP contribution in [0.5, 0.6) is 0 Å². The van der Waals surface area contributed by atoms with Gasteiger partial charge < -0.3 is 4.18 Å². The maximum atomic E-state index is 13.5. The molecule has 3 nitrogen and oxygen atoms in total. The largest absolute Gasteiger partial charge is 0.460 e. The van der Waals surface area contributed by atoms with Crippen LogP contribution < -0.4 is 0 Å². The van der Waals surface area contributed by atoms with Crippen LogP contribution in [0.2, 0.25) is 0 Å². The maximum absolute atomic E-state index is 13.5. The maximum Gasteiger partial charge on any atom is 0.460 e. The predicted octanol–water partition coefficient (Wildman–Crippen LogP) is 6.24. The summed E-state index contributed by atoms with van der Waals surface area (Å²) in [6, 6.07) is -0.0202. The number of allylic oxidation sites excluding steroid dienone is 1. The molecule has 0 aliphatic heterocycles. The minimum absolute atomic E-state index is 0.529. The highest BCUT2D eigenvalue weighted by atomic mass is 32.2. The summed E-state index contributed by atoms with van der Waals surface area (Å²) in [4.78, 5) is -1.16. The Bertz CT molecular complexity index is 996. The van der Waals surface area contributed by atoms with E-state index in [1.807, 2.05) is 0 Å². The van der Waals surface area contributed by atoms with Crippen molar-refractivity contribution in [3.05, 3.63) is 42.2 Å². The number of halogens is 15. The van der Waals surface area contributed by atoms with Gasteiger partial charge in [-0.2, -0.15) is 74.3 Å². The van der Waals surface area contributed by atoms with E-state index < -0.39 is 62.6 Å². The van der Waals surface area contributed by atoms with Crippen LogP contribution >= 0.6 is 0 Å². The monoisotopic (exact) mass is 538 g/mol. The average molecular weight is 538 g/mol. The van der Waals surface area contributed by atoms with Gasteiger partial charge in [-0.25, -0.2) is 0 Å².